The number of benzene rings is 1. The average molecular weight is 373 g/mol. The van der Waals surface area contributed by atoms with Crippen LogP contribution in [0.15, 0.2) is 28.1 Å². The first-order chi connectivity index (χ1) is 10.8. The van der Waals surface area contributed by atoms with Crippen molar-refractivity contribution in [3.8, 4) is 0 Å². The Labute approximate surface area is 149 Å². The van der Waals surface area contributed by atoms with Gasteiger partial charge in [0.05, 0.1) is 12.2 Å². The summed E-state index contributed by atoms with van der Waals surface area (Å²) >= 11 is 13.7. The van der Waals surface area contributed by atoms with Gasteiger partial charge in [0.2, 0.25) is 0 Å². The van der Waals surface area contributed by atoms with Gasteiger partial charge in [-0.25, -0.2) is 9.78 Å². The van der Waals surface area contributed by atoms with Gasteiger partial charge in [-0.1, -0.05) is 48.8 Å². The lowest BCUT2D eigenvalue weighted by atomic mass is 10.2. The monoisotopic (exact) mass is 372 g/mol. The highest BCUT2D eigenvalue weighted by molar-refractivity contribution is 7.99. The van der Waals surface area contributed by atoms with E-state index in [9.17, 15) is 4.79 Å². The third-order valence-corrected chi connectivity index (χ3v) is 4.76. The first kappa shape index (κ1) is 18.0. The summed E-state index contributed by atoms with van der Waals surface area (Å²) in [7, 11) is 1.91. The summed E-state index contributed by atoms with van der Waals surface area (Å²) in [6.45, 7) is 4.42. The van der Waals surface area contributed by atoms with Crippen LogP contribution in [0.1, 0.15) is 31.3 Å². The van der Waals surface area contributed by atoms with Crippen LogP contribution >= 0.6 is 35.0 Å². The number of hydrogen-bond donors (Lipinski definition) is 2. The van der Waals surface area contributed by atoms with E-state index in [1.54, 1.807) is 17.8 Å². The molecular weight excluding hydrogens is 355 g/mol. The molecule has 0 aliphatic carbocycles. The molecule has 1 aromatic carbocycles. The van der Waals surface area contributed by atoms with E-state index in [4.69, 9.17) is 28.9 Å². The fourth-order valence-electron chi connectivity index (χ4n) is 2.07. The van der Waals surface area contributed by atoms with E-state index in [1.165, 1.54) is 0 Å². The van der Waals surface area contributed by atoms with Crippen LogP contribution in [0, 0.1) is 0 Å². The molecule has 3 N–H and O–H groups in total. The first-order valence-corrected chi connectivity index (χ1v) is 8.58. The number of nitrogens with zero attached hydrogens (tertiary/aromatic N) is 2. The van der Waals surface area contributed by atoms with Crippen LogP contribution in [0.3, 0.4) is 0 Å². The van der Waals surface area contributed by atoms with Crippen LogP contribution in [-0.4, -0.2) is 15.6 Å². The largest absolute Gasteiger partial charge is 0.352 e. The Hall–Kier alpha value is -1.37. The maximum atomic E-state index is 10.9. The van der Waals surface area contributed by atoms with Crippen molar-refractivity contribution in [1.29, 1.82) is 0 Å². The average Bonchev–Trinajstić information content (AvgIpc) is 2.73. The standard InChI is InChI=1S/C15H18Cl2N4OS/c1-8(2)13-14(21(3)12(20-13)7-19-15(18)22)23-11-5-9(16)4-10(17)6-11/h4-6,8H,7H2,1-3H3,(H3,18,19,22). The number of carbonyl (C=O) groups excluding carboxylic acids is 1. The second-order valence-corrected chi connectivity index (χ2v) is 7.29. The Morgan fingerprint density at radius 2 is 1.96 bits per heavy atom. The molecule has 8 heteroatoms. The predicted molar refractivity (Wildman–Crippen MR) is 94.3 cm³/mol. The molecule has 0 spiro atoms. The van der Waals surface area contributed by atoms with Crippen molar-refractivity contribution < 1.29 is 4.79 Å². The second kappa shape index (κ2) is 7.47. The minimum absolute atomic E-state index is 0.237. The lowest BCUT2D eigenvalue weighted by Gasteiger charge is -2.09. The zero-order valence-electron chi connectivity index (χ0n) is 13.1. The van der Waals surface area contributed by atoms with E-state index in [1.807, 2.05) is 23.7 Å². The Morgan fingerprint density at radius 3 is 2.48 bits per heavy atom. The van der Waals surface area contributed by atoms with Crippen molar-refractivity contribution in [3.63, 3.8) is 0 Å². The molecule has 124 valence electrons. The summed E-state index contributed by atoms with van der Waals surface area (Å²) in [5.41, 5.74) is 6.08. The molecule has 0 bridgehead atoms. The maximum Gasteiger partial charge on any atom is 0.312 e. The van der Waals surface area contributed by atoms with E-state index >= 15 is 0 Å². The van der Waals surface area contributed by atoms with Gasteiger partial charge in [0.1, 0.15) is 10.9 Å². The normalized spacial score (nSPS) is 11.0. The van der Waals surface area contributed by atoms with Crippen LogP contribution in [0.5, 0.6) is 0 Å². The lowest BCUT2D eigenvalue weighted by Crippen LogP contribution is -2.29. The van der Waals surface area contributed by atoms with Crippen molar-refractivity contribution in [3.05, 3.63) is 39.8 Å². The fourth-order valence-corrected chi connectivity index (χ4v) is 3.95. The zero-order valence-corrected chi connectivity index (χ0v) is 15.4. The molecule has 0 aliphatic heterocycles. The molecular formula is C15H18Cl2N4OS. The van der Waals surface area contributed by atoms with E-state index in [-0.39, 0.29) is 12.5 Å². The topological polar surface area (TPSA) is 72.9 Å². The summed E-state index contributed by atoms with van der Waals surface area (Å²) in [5, 5.41) is 4.73. The number of imidazole rings is 1. The molecule has 2 amide bonds. The van der Waals surface area contributed by atoms with Crippen LogP contribution in [0.4, 0.5) is 4.79 Å². The quantitative estimate of drug-likeness (QED) is 0.826. The number of rotatable bonds is 5. The molecule has 0 saturated carbocycles. The van der Waals surface area contributed by atoms with Gasteiger partial charge in [0.25, 0.3) is 0 Å². The molecule has 0 aliphatic rings. The molecule has 0 unspecified atom stereocenters. The number of urea groups is 1. The molecule has 1 aromatic heterocycles. The molecule has 23 heavy (non-hydrogen) atoms. The highest BCUT2D eigenvalue weighted by atomic mass is 35.5. The third-order valence-electron chi connectivity index (χ3n) is 3.18. The van der Waals surface area contributed by atoms with Gasteiger partial charge in [-0.15, -0.1) is 0 Å². The van der Waals surface area contributed by atoms with Gasteiger partial charge in [0, 0.05) is 22.0 Å². The van der Waals surface area contributed by atoms with Crippen molar-refractivity contribution in [2.45, 2.75) is 36.2 Å². The van der Waals surface area contributed by atoms with E-state index < -0.39 is 6.03 Å². The number of nitrogens with one attached hydrogen (secondary N) is 1. The minimum Gasteiger partial charge on any atom is -0.352 e. The third kappa shape index (κ3) is 4.56. The minimum atomic E-state index is -0.574. The molecule has 1 heterocycles. The highest BCUT2D eigenvalue weighted by Crippen LogP contribution is 2.36. The number of amides is 2. The summed E-state index contributed by atoms with van der Waals surface area (Å²) in [6.07, 6.45) is 0. The van der Waals surface area contributed by atoms with E-state index in [0.29, 0.717) is 10.0 Å². The van der Waals surface area contributed by atoms with Crippen LogP contribution in [-0.2, 0) is 13.6 Å². The second-order valence-electron chi connectivity index (χ2n) is 5.36. The van der Waals surface area contributed by atoms with Gasteiger partial charge >= 0.3 is 6.03 Å². The van der Waals surface area contributed by atoms with Crippen molar-refractivity contribution in [2.75, 3.05) is 0 Å². The Morgan fingerprint density at radius 1 is 1.35 bits per heavy atom. The van der Waals surface area contributed by atoms with Gasteiger partial charge < -0.3 is 15.6 Å². The molecule has 0 fully saturated rings. The molecule has 0 atom stereocenters. The maximum absolute atomic E-state index is 10.9. The summed E-state index contributed by atoms with van der Waals surface area (Å²) in [6, 6.07) is 4.84. The highest BCUT2D eigenvalue weighted by Gasteiger charge is 2.19. The summed E-state index contributed by atoms with van der Waals surface area (Å²) in [4.78, 5) is 16.5. The van der Waals surface area contributed by atoms with Crippen molar-refractivity contribution in [1.82, 2.24) is 14.9 Å². The molecule has 0 radical (unpaired) electrons. The molecule has 5 nitrogen and oxygen atoms in total. The smallest absolute Gasteiger partial charge is 0.312 e. The predicted octanol–water partition coefficient (Wildman–Crippen LogP) is 4.17. The van der Waals surface area contributed by atoms with Gasteiger partial charge in [0.15, 0.2) is 0 Å². The molecule has 0 saturated heterocycles. The molecule has 2 rings (SSSR count). The fraction of sp³-hybridized carbons (Fsp3) is 0.333. The number of carbonyl (C=O) groups is 1. The number of hydrogen-bond acceptors (Lipinski definition) is 3. The lowest BCUT2D eigenvalue weighted by molar-refractivity contribution is 0.248. The van der Waals surface area contributed by atoms with Gasteiger partial charge in [-0.2, -0.15) is 0 Å². The van der Waals surface area contributed by atoms with Crippen LogP contribution in [0.2, 0.25) is 10.0 Å². The molecule has 2 aromatic rings. The van der Waals surface area contributed by atoms with E-state index in [0.717, 1.165) is 21.4 Å². The van der Waals surface area contributed by atoms with E-state index in [2.05, 4.69) is 24.1 Å². The zero-order chi connectivity index (χ0) is 17.1. The van der Waals surface area contributed by atoms with Crippen molar-refractivity contribution >= 4 is 41.0 Å². The van der Waals surface area contributed by atoms with Gasteiger partial charge in [-0.3, -0.25) is 0 Å². The van der Waals surface area contributed by atoms with Gasteiger partial charge in [-0.05, 0) is 24.1 Å². The number of aromatic nitrogens is 2. The Bertz CT molecular complexity index is 710. The summed E-state index contributed by atoms with van der Waals surface area (Å²) < 4.78 is 1.95. The SMILES string of the molecule is CC(C)c1nc(CNC(N)=O)n(C)c1Sc1cc(Cl)cc(Cl)c1. The summed E-state index contributed by atoms with van der Waals surface area (Å²) in [5.74, 6) is 0.976. The number of primary amides is 1. The number of halogens is 2. The van der Waals surface area contributed by atoms with Crippen LogP contribution in [0.25, 0.3) is 0 Å². The van der Waals surface area contributed by atoms with Crippen LogP contribution < -0.4 is 11.1 Å². The van der Waals surface area contributed by atoms with Crippen molar-refractivity contribution in [2.24, 2.45) is 12.8 Å². The Balaban J connectivity index is 2.37. The first-order valence-electron chi connectivity index (χ1n) is 7.00. The number of nitrogens with two attached hydrogens (primary N) is 1. The Kier molecular flexibility index (Phi) is 5.84.